The van der Waals surface area contributed by atoms with Crippen molar-refractivity contribution in [2.24, 2.45) is 0 Å². The number of anilines is 2. The number of esters is 1. The van der Waals surface area contributed by atoms with Gasteiger partial charge < -0.3 is 19.9 Å². The van der Waals surface area contributed by atoms with Crippen LogP contribution in [0.25, 0.3) is 0 Å². The van der Waals surface area contributed by atoms with Gasteiger partial charge in [-0.1, -0.05) is 23.7 Å². The van der Waals surface area contributed by atoms with Crippen molar-refractivity contribution in [1.82, 2.24) is 9.80 Å². The fraction of sp³-hybridized carbons (Fsp3) is 0.333. The van der Waals surface area contributed by atoms with Gasteiger partial charge in [-0.05, 0) is 76.3 Å². The number of rotatable bonds is 7. The standard InChI is InChI=1S/C27H29ClN4O5/c1-4-37-27(36)18-8-6-10-21(16-18)32-25(34)22(28)23(26(32)35)29-19-9-5-7-17(15-19)24(33)31(3)20-11-13-30(2)14-12-20/h5-10,15-16,20,29H,4,11-14H2,1-3H3. The predicted octanol–water partition coefficient (Wildman–Crippen LogP) is 3.47. The molecule has 1 fully saturated rings. The van der Waals surface area contributed by atoms with E-state index in [1.165, 1.54) is 18.2 Å². The van der Waals surface area contributed by atoms with E-state index in [9.17, 15) is 19.2 Å². The van der Waals surface area contributed by atoms with Gasteiger partial charge >= 0.3 is 5.97 Å². The third-order valence-electron chi connectivity index (χ3n) is 6.58. The monoisotopic (exact) mass is 524 g/mol. The van der Waals surface area contributed by atoms with Crippen molar-refractivity contribution in [2.75, 3.05) is 44.0 Å². The number of carbonyl (C=O) groups is 4. The number of ether oxygens (including phenoxy) is 1. The average molecular weight is 525 g/mol. The number of hydrogen-bond donors (Lipinski definition) is 1. The maximum atomic E-state index is 13.2. The van der Waals surface area contributed by atoms with Crippen LogP contribution in [0.4, 0.5) is 11.4 Å². The third-order valence-corrected chi connectivity index (χ3v) is 6.93. The number of carbonyl (C=O) groups excluding carboxylic acids is 4. The van der Waals surface area contributed by atoms with E-state index in [-0.39, 0.29) is 40.5 Å². The van der Waals surface area contributed by atoms with Crippen LogP contribution in [0.15, 0.2) is 59.3 Å². The summed E-state index contributed by atoms with van der Waals surface area (Å²) in [5.74, 6) is -2.07. The van der Waals surface area contributed by atoms with Gasteiger partial charge in [0.2, 0.25) is 0 Å². The van der Waals surface area contributed by atoms with E-state index < -0.39 is 17.8 Å². The van der Waals surface area contributed by atoms with Crippen LogP contribution >= 0.6 is 11.6 Å². The fourth-order valence-corrected chi connectivity index (χ4v) is 4.67. The molecule has 4 rings (SSSR count). The first-order valence-electron chi connectivity index (χ1n) is 12.1. The molecule has 0 aromatic heterocycles. The molecule has 10 heteroatoms. The highest BCUT2D eigenvalue weighted by Crippen LogP contribution is 2.31. The first kappa shape index (κ1) is 26.4. The number of piperidine rings is 1. The van der Waals surface area contributed by atoms with Gasteiger partial charge in [0.15, 0.2) is 0 Å². The zero-order valence-electron chi connectivity index (χ0n) is 21.0. The number of hydrogen-bond acceptors (Lipinski definition) is 7. The first-order valence-corrected chi connectivity index (χ1v) is 12.5. The summed E-state index contributed by atoms with van der Waals surface area (Å²) in [7, 11) is 3.87. The van der Waals surface area contributed by atoms with Crippen molar-refractivity contribution in [2.45, 2.75) is 25.8 Å². The number of nitrogens with one attached hydrogen (secondary N) is 1. The summed E-state index contributed by atoms with van der Waals surface area (Å²) in [5, 5.41) is 2.63. The van der Waals surface area contributed by atoms with Crippen LogP contribution in [-0.2, 0) is 14.3 Å². The van der Waals surface area contributed by atoms with Crippen molar-refractivity contribution in [3.63, 3.8) is 0 Å². The second-order valence-corrected chi connectivity index (χ2v) is 9.44. The number of halogens is 1. The maximum absolute atomic E-state index is 13.2. The Labute approximate surface area is 220 Å². The van der Waals surface area contributed by atoms with Gasteiger partial charge in [-0.3, -0.25) is 14.4 Å². The molecule has 1 N–H and O–H groups in total. The summed E-state index contributed by atoms with van der Waals surface area (Å²) >= 11 is 6.27. The van der Waals surface area contributed by atoms with Crippen LogP contribution in [0, 0.1) is 0 Å². The highest BCUT2D eigenvalue weighted by Gasteiger charge is 2.39. The Balaban J connectivity index is 1.51. The van der Waals surface area contributed by atoms with Crippen molar-refractivity contribution < 1.29 is 23.9 Å². The van der Waals surface area contributed by atoms with Crippen LogP contribution in [0.1, 0.15) is 40.5 Å². The molecule has 9 nitrogen and oxygen atoms in total. The molecule has 0 atom stereocenters. The lowest BCUT2D eigenvalue weighted by molar-refractivity contribution is -0.120. The third kappa shape index (κ3) is 5.52. The van der Waals surface area contributed by atoms with Gasteiger partial charge in [-0.2, -0.15) is 0 Å². The second kappa shape index (κ2) is 11.1. The summed E-state index contributed by atoms with van der Waals surface area (Å²) in [6, 6.07) is 12.9. The molecule has 0 radical (unpaired) electrons. The van der Waals surface area contributed by atoms with Crippen LogP contribution in [0.2, 0.25) is 0 Å². The number of nitrogens with zero attached hydrogens (tertiary/aromatic N) is 3. The van der Waals surface area contributed by atoms with Gasteiger partial charge in [0.25, 0.3) is 17.7 Å². The summed E-state index contributed by atoms with van der Waals surface area (Å²) in [6.07, 6.45) is 1.81. The highest BCUT2D eigenvalue weighted by atomic mass is 35.5. The molecule has 2 aliphatic rings. The van der Waals surface area contributed by atoms with Gasteiger partial charge in [0.1, 0.15) is 10.7 Å². The topological polar surface area (TPSA) is 99.3 Å². The zero-order valence-corrected chi connectivity index (χ0v) is 21.7. The van der Waals surface area contributed by atoms with E-state index in [1.807, 2.05) is 0 Å². The molecular weight excluding hydrogens is 496 g/mol. The molecule has 2 aliphatic heterocycles. The maximum Gasteiger partial charge on any atom is 0.338 e. The SMILES string of the molecule is CCOC(=O)c1cccc(N2C(=O)C(Cl)=C(Nc3cccc(C(=O)N(C)C4CCN(C)CC4)c3)C2=O)c1. The van der Waals surface area contributed by atoms with Crippen LogP contribution in [0.3, 0.4) is 0 Å². The van der Waals surface area contributed by atoms with E-state index in [1.54, 1.807) is 49.2 Å². The Bertz CT molecular complexity index is 1270. The molecule has 2 aromatic carbocycles. The summed E-state index contributed by atoms with van der Waals surface area (Å²) < 4.78 is 5.00. The van der Waals surface area contributed by atoms with Crippen molar-refractivity contribution in [3.8, 4) is 0 Å². The van der Waals surface area contributed by atoms with Crippen LogP contribution in [-0.4, -0.2) is 73.3 Å². The number of benzene rings is 2. The minimum absolute atomic E-state index is 0.110. The van der Waals surface area contributed by atoms with Gasteiger partial charge in [-0.25, -0.2) is 9.69 Å². The van der Waals surface area contributed by atoms with E-state index >= 15 is 0 Å². The van der Waals surface area contributed by atoms with E-state index in [4.69, 9.17) is 16.3 Å². The van der Waals surface area contributed by atoms with E-state index in [0.717, 1.165) is 30.8 Å². The quantitative estimate of drug-likeness (QED) is 0.437. The number of imide groups is 1. The Hall–Kier alpha value is -3.69. The van der Waals surface area contributed by atoms with Gasteiger partial charge in [0.05, 0.1) is 17.9 Å². The Morgan fingerprint density at radius 1 is 1.05 bits per heavy atom. The molecule has 3 amide bonds. The molecule has 2 heterocycles. The molecule has 37 heavy (non-hydrogen) atoms. The lowest BCUT2D eigenvalue weighted by Gasteiger charge is -2.35. The predicted molar refractivity (Wildman–Crippen MR) is 140 cm³/mol. The summed E-state index contributed by atoms with van der Waals surface area (Å²) in [4.78, 5) is 56.2. The molecule has 0 spiro atoms. The second-order valence-electron chi connectivity index (χ2n) is 9.06. The molecule has 194 valence electrons. The average Bonchev–Trinajstić information content (AvgIpc) is 3.11. The van der Waals surface area contributed by atoms with Gasteiger partial charge in [-0.15, -0.1) is 0 Å². The molecule has 0 bridgehead atoms. The summed E-state index contributed by atoms with van der Waals surface area (Å²) in [6.45, 7) is 3.76. The van der Waals surface area contributed by atoms with Crippen LogP contribution in [0.5, 0.6) is 0 Å². The minimum atomic E-state index is -0.718. The summed E-state index contributed by atoms with van der Waals surface area (Å²) in [5.41, 5.74) is 1.19. The Morgan fingerprint density at radius 3 is 2.43 bits per heavy atom. The zero-order chi connectivity index (χ0) is 26.7. The lowest BCUT2D eigenvalue weighted by atomic mass is 10.0. The molecule has 2 aromatic rings. The molecular formula is C27H29ClN4O5. The number of likely N-dealkylation sites (tertiary alicyclic amines) is 1. The van der Waals surface area contributed by atoms with Gasteiger partial charge in [0, 0.05) is 24.3 Å². The highest BCUT2D eigenvalue weighted by molar-refractivity contribution is 6.53. The van der Waals surface area contributed by atoms with Crippen molar-refractivity contribution >= 4 is 46.7 Å². The fourth-order valence-electron chi connectivity index (χ4n) is 4.46. The first-order chi connectivity index (χ1) is 17.7. The smallest absolute Gasteiger partial charge is 0.338 e. The van der Waals surface area contributed by atoms with E-state index in [0.29, 0.717) is 11.3 Å². The van der Waals surface area contributed by atoms with Crippen molar-refractivity contribution in [1.29, 1.82) is 0 Å². The molecule has 0 aliphatic carbocycles. The number of amides is 3. The van der Waals surface area contributed by atoms with E-state index in [2.05, 4.69) is 17.3 Å². The largest absolute Gasteiger partial charge is 0.462 e. The molecule has 0 saturated carbocycles. The molecule has 0 unspecified atom stereocenters. The van der Waals surface area contributed by atoms with Crippen LogP contribution < -0.4 is 10.2 Å². The Morgan fingerprint density at radius 2 is 1.73 bits per heavy atom. The molecule has 1 saturated heterocycles. The minimum Gasteiger partial charge on any atom is -0.462 e. The lowest BCUT2D eigenvalue weighted by Crippen LogP contribution is -2.44. The normalized spacial score (nSPS) is 16.8. The van der Waals surface area contributed by atoms with Crippen molar-refractivity contribution in [3.05, 3.63) is 70.4 Å². The Kier molecular flexibility index (Phi) is 7.94.